The number of benzene rings is 2. The van der Waals surface area contributed by atoms with Crippen LogP contribution in [0.5, 0.6) is 11.5 Å². The highest BCUT2D eigenvalue weighted by molar-refractivity contribution is 6.43. The fourth-order valence-corrected chi connectivity index (χ4v) is 4.67. The summed E-state index contributed by atoms with van der Waals surface area (Å²) >= 11 is 12.1. The molecule has 0 unspecified atom stereocenters. The molecule has 4 rings (SSSR count). The fraction of sp³-hybridized carbons (Fsp3) is 0.259. The van der Waals surface area contributed by atoms with Gasteiger partial charge in [-0.25, -0.2) is 14.1 Å². The van der Waals surface area contributed by atoms with Gasteiger partial charge < -0.3 is 25.6 Å². The van der Waals surface area contributed by atoms with E-state index in [2.05, 4.69) is 10.1 Å². The lowest BCUT2D eigenvalue weighted by molar-refractivity contribution is -0.265. The van der Waals surface area contributed by atoms with Gasteiger partial charge >= 0.3 is 12.7 Å². The van der Waals surface area contributed by atoms with E-state index in [1.54, 1.807) is 0 Å². The molecule has 2 amide bonds. The minimum absolute atomic E-state index is 0.00430. The molecule has 0 aliphatic carbocycles. The molecule has 0 saturated heterocycles. The summed E-state index contributed by atoms with van der Waals surface area (Å²) in [4.78, 5) is 29.3. The van der Waals surface area contributed by atoms with Gasteiger partial charge in [0, 0.05) is 22.7 Å². The normalized spacial score (nSPS) is 13.2. The third kappa shape index (κ3) is 6.30. The molecule has 45 heavy (non-hydrogen) atoms. The summed E-state index contributed by atoms with van der Waals surface area (Å²) in [5.41, 5.74) is -1.61. The van der Waals surface area contributed by atoms with Crippen molar-refractivity contribution >= 4 is 45.9 Å². The number of halogens is 8. The van der Waals surface area contributed by atoms with Gasteiger partial charge in [0.1, 0.15) is 22.8 Å². The molecule has 2 heterocycles. The lowest BCUT2D eigenvalue weighted by atomic mass is 9.94. The Hall–Kier alpha value is -4.28. The van der Waals surface area contributed by atoms with Gasteiger partial charge in [0.05, 0.1) is 41.6 Å². The summed E-state index contributed by atoms with van der Waals surface area (Å²) in [5, 5.41) is 15.6. The zero-order valence-electron chi connectivity index (χ0n) is 23.0. The maximum absolute atomic E-state index is 14.6. The Balaban J connectivity index is 1.83. The molecule has 18 heteroatoms. The van der Waals surface area contributed by atoms with Crippen LogP contribution >= 0.6 is 23.2 Å². The van der Waals surface area contributed by atoms with Crippen molar-refractivity contribution in [3.05, 3.63) is 69.2 Å². The molecule has 4 aromatic rings. The van der Waals surface area contributed by atoms with Crippen LogP contribution in [0.4, 0.5) is 26.3 Å². The van der Waals surface area contributed by atoms with E-state index in [9.17, 15) is 41.0 Å². The van der Waals surface area contributed by atoms with Crippen molar-refractivity contribution in [2.45, 2.75) is 25.3 Å². The summed E-state index contributed by atoms with van der Waals surface area (Å²) < 4.78 is 94.8. The number of nitrogens with two attached hydrogens (primary N) is 1. The Kier molecular flexibility index (Phi) is 9.42. The van der Waals surface area contributed by atoms with Crippen molar-refractivity contribution < 1.29 is 50.5 Å². The van der Waals surface area contributed by atoms with Crippen LogP contribution in [0.25, 0.3) is 22.2 Å². The lowest BCUT2D eigenvalue weighted by Gasteiger charge is -2.31. The number of carbonyl (C=O) groups excluding carboxylic acids is 2. The molecule has 10 nitrogen and oxygen atoms in total. The Bertz CT molecular complexity index is 1800. The molecule has 2 aromatic heterocycles. The zero-order chi connectivity index (χ0) is 33.4. The lowest BCUT2D eigenvalue weighted by Crippen LogP contribution is -2.51. The molecule has 0 radical (unpaired) electrons. The molecule has 0 saturated carbocycles. The first-order valence-electron chi connectivity index (χ1n) is 12.6. The predicted molar refractivity (Wildman–Crippen MR) is 149 cm³/mol. The average Bonchev–Trinajstić information content (AvgIpc) is 3.42. The first-order chi connectivity index (χ1) is 21.0. The Morgan fingerprint density at radius 1 is 1.16 bits per heavy atom. The van der Waals surface area contributed by atoms with Crippen LogP contribution in [0.1, 0.15) is 39.9 Å². The number of amides is 2. The van der Waals surface area contributed by atoms with E-state index in [0.717, 1.165) is 37.6 Å². The second kappa shape index (κ2) is 12.6. The number of methoxy groups -OCH3 is 1. The second-order valence-corrected chi connectivity index (χ2v) is 10.1. The topological polar surface area (TPSA) is 142 Å². The van der Waals surface area contributed by atoms with E-state index >= 15 is 0 Å². The number of pyridine rings is 1. The van der Waals surface area contributed by atoms with Crippen molar-refractivity contribution in [1.29, 1.82) is 0 Å². The molecular weight excluding hydrogens is 659 g/mol. The number of alkyl halides is 5. The zero-order valence-corrected chi connectivity index (χ0v) is 24.5. The Morgan fingerprint density at radius 2 is 1.84 bits per heavy atom. The maximum atomic E-state index is 14.6. The highest BCUT2D eigenvalue weighted by Crippen LogP contribution is 2.44. The second-order valence-electron chi connectivity index (χ2n) is 9.30. The fourth-order valence-electron chi connectivity index (χ4n) is 4.26. The first kappa shape index (κ1) is 33.6. The highest BCUT2D eigenvalue weighted by Gasteiger charge is 2.57. The summed E-state index contributed by atoms with van der Waals surface area (Å²) in [6.45, 7) is -3.25. The van der Waals surface area contributed by atoms with Crippen molar-refractivity contribution in [3.8, 4) is 22.8 Å². The molecular formula is C27H21Cl2F6N5O5. The van der Waals surface area contributed by atoms with Crippen LogP contribution < -0.4 is 20.5 Å². The molecule has 0 bridgehead atoms. The number of carbonyl (C=O) groups is 2. The van der Waals surface area contributed by atoms with Crippen LogP contribution in [0.3, 0.4) is 0 Å². The van der Waals surface area contributed by atoms with E-state index in [4.69, 9.17) is 38.4 Å². The minimum atomic E-state index is -5.54. The SMILES string of the molecule is CCOc1c(C(N)=O)cc([C@@](O)(CNC(=O)c2cc(OC)c3nn(C(F)F)cc3c2)C(F)(F)F)nc1-c1ccc(F)c(Cl)c1Cl. The van der Waals surface area contributed by atoms with Crippen molar-refractivity contribution in [2.24, 2.45) is 5.73 Å². The number of nitrogens with zero attached hydrogens (tertiary/aromatic N) is 3. The summed E-state index contributed by atoms with van der Waals surface area (Å²) in [7, 11) is 1.16. The Morgan fingerprint density at radius 3 is 2.42 bits per heavy atom. The van der Waals surface area contributed by atoms with Crippen molar-refractivity contribution in [2.75, 3.05) is 20.3 Å². The number of aliphatic hydroxyl groups is 1. The number of fused-ring (bicyclic) bond motifs is 1. The summed E-state index contributed by atoms with van der Waals surface area (Å²) in [6.07, 6.45) is -4.65. The van der Waals surface area contributed by atoms with Crippen molar-refractivity contribution in [3.63, 3.8) is 0 Å². The number of rotatable bonds is 10. The average molecular weight is 680 g/mol. The van der Waals surface area contributed by atoms with Crippen LogP contribution in [0, 0.1) is 5.82 Å². The van der Waals surface area contributed by atoms with Crippen molar-refractivity contribution in [1.82, 2.24) is 20.1 Å². The van der Waals surface area contributed by atoms with Crippen LogP contribution in [-0.2, 0) is 5.60 Å². The van der Waals surface area contributed by atoms with Gasteiger partial charge in [0.2, 0.25) is 5.60 Å². The molecule has 1 atom stereocenters. The summed E-state index contributed by atoms with van der Waals surface area (Å²) in [5.74, 6) is -4.01. The van der Waals surface area contributed by atoms with Gasteiger partial charge in [-0.15, -0.1) is 0 Å². The first-order valence-corrected chi connectivity index (χ1v) is 13.3. The van der Waals surface area contributed by atoms with Gasteiger partial charge in [0.25, 0.3) is 11.8 Å². The quantitative estimate of drug-likeness (QED) is 0.146. The third-order valence-electron chi connectivity index (χ3n) is 6.49. The van der Waals surface area contributed by atoms with Crippen LogP contribution in [0.2, 0.25) is 10.0 Å². The maximum Gasteiger partial charge on any atom is 0.424 e. The number of ether oxygens (including phenoxy) is 2. The molecule has 0 spiro atoms. The number of primary amides is 1. The monoisotopic (exact) mass is 679 g/mol. The van der Waals surface area contributed by atoms with E-state index in [-0.39, 0.29) is 34.4 Å². The number of hydrogen-bond donors (Lipinski definition) is 3. The third-order valence-corrected chi connectivity index (χ3v) is 7.35. The predicted octanol–water partition coefficient (Wildman–Crippen LogP) is 5.63. The van der Waals surface area contributed by atoms with E-state index in [1.165, 1.54) is 6.92 Å². The molecule has 0 fully saturated rings. The molecule has 0 aliphatic heterocycles. The molecule has 2 aromatic carbocycles. The standard InChI is InChI=1S/C27H21Cl2F6N5O5/c1-3-45-22-14(23(36)41)8-17(38-21(22)13-4-5-15(30)19(29)18(13)28)26(43,27(33,34)35)10-37-24(42)11-6-12-9-40(25(31)32)39-20(12)16(7-11)44-2/h4-9,25,43H,3,10H2,1-2H3,(H2,36,41)(H,37,42)/t26-/m0/s1. The smallest absolute Gasteiger partial charge is 0.424 e. The van der Waals surface area contributed by atoms with Gasteiger partial charge in [-0.3, -0.25) is 9.59 Å². The van der Waals surface area contributed by atoms with E-state index < -0.39 is 75.2 Å². The van der Waals surface area contributed by atoms with Gasteiger partial charge in [-0.1, -0.05) is 23.2 Å². The molecule has 240 valence electrons. The highest BCUT2D eigenvalue weighted by atomic mass is 35.5. The summed E-state index contributed by atoms with van der Waals surface area (Å²) in [6, 6.07) is 4.50. The van der Waals surface area contributed by atoms with Gasteiger partial charge in [0.15, 0.2) is 5.75 Å². The van der Waals surface area contributed by atoms with E-state index in [1.807, 2.05) is 5.32 Å². The molecule has 4 N–H and O–H groups in total. The van der Waals surface area contributed by atoms with Crippen LogP contribution in [0.15, 0.2) is 36.5 Å². The largest absolute Gasteiger partial charge is 0.494 e. The number of aromatic nitrogens is 3. The number of hydrogen-bond acceptors (Lipinski definition) is 7. The number of nitrogens with one attached hydrogen (secondary N) is 1. The van der Waals surface area contributed by atoms with E-state index in [0.29, 0.717) is 10.7 Å². The van der Waals surface area contributed by atoms with Gasteiger partial charge in [-0.05, 0) is 37.3 Å². The van der Waals surface area contributed by atoms with Crippen LogP contribution in [-0.4, -0.2) is 58.1 Å². The Labute approximate surface area is 259 Å². The molecule has 0 aliphatic rings. The minimum Gasteiger partial charge on any atom is -0.494 e. The van der Waals surface area contributed by atoms with Gasteiger partial charge in [-0.2, -0.15) is 27.1 Å².